The summed E-state index contributed by atoms with van der Waals surface area (Å²) in [4.78, 5) is 11.3. The van der Waals surface area contributed by atoms with Crippen molar-refractivity contribution in [1.82, 2.24) is 0 Å². The molecule has 0 radical (unpaired) electrons. The Kier molecular flexibility index (Phi) is 3.35. The van der Waals surface area contributed by atoms with Crippen molar-refractivity contribution in [2.75, 3.05) is 13.2 Å². The van der Waals surface area contributed by atoms with Gasteiger partial charge in [0.2, 0.25) is 0 Å². The van der Waals surface area contributed by atoms with Gasteiger partial charge in [0.1, 0.15) is 5.82 Å². The first-order valence-electron chi connectivity index (χ1n) is 5.29. The number of carbonyl (C=O) groups is 1. The van der Waals surface area contributed by atoms with E-state index in [0.29, 0.717) is 23.6 Å². The largest absolute Gasteiger partial charge is 0.481 e. The van der Waals surface area contributed by atoms with Crippen molar-refractivity contribution in [3.05, 3.63) is 34.6 Å². The van der Waals surface area contributed by atoms with E-state index in [1.165, 1.54) is 18.2 Å². The summed E-state index contributed by atoms with van der Waals surface area (Å²) >= 11 is 5.94. The topological polar surface area (TPSA) is 46.5 Å². The van der Waals surface area contributed by atoms with Gasteiger partial charge in [0, 0.05) is 11.6 Å². The Labute approximate surface area is 103 Å². The van der Waals surface area contributed by atoms with Crippen LogP contribution in [0.1, 0.15) is 12.0 Å². The van der Waals surface area contributed by atoms with Crippen LogP contribution in [0.2, 0.25) is 5.02 Å². The summed E-state index contributed by atoms with van der Waals surface area (Å²) in [5, 5.41) is 9.66. The van der Waals surface area contributed by atoms with Gasteiger partial charge in [0.15, 0.2) is 0 Å². The summed E-state index contributed by atoms with van der Waals surface area (Å²) in [7, 11) is 0. The summed E-state index contributed by atoms with van der Waals surface area (Å²) in [5.41, 5.74) is -0.461. The van der Waals surface area contributed by atoms with Crippen LogP contribution in [0.4, 0.5) is 4.39 Å². The van der Waals surface area contributed by atoms with E-state index in [1.54, 1.807) is 0 Å². The van der Waals surface area contributed by atoms with Gasteiger partial charge in [0.05, 0.1) is 12.0 Å². The Morgan fingerprint density at radius 1 is 1.59 bits per heavy atom. The second-order valence-corrected chi connectivity index (χ2v) is 4.71. The van der Waals surface area contributed by atoms with Crippen LogP contribution in [-0.4, -0.2) is 24.3 Å². The molecule has 17 heavy (non-hydrogen) atoms. The highest BCUT2D eigenvalue weighted by Crippen LogP contribution is 2.35. The summed E-state index contributed by atoms with van der Waals surface area (Å²) in [6, 6.07) is 3.98. The number of aliphatic carboxylic acids is 1. The highest BCUT2D eigenvalue weighted by Gasteiger charge is 2.42. The summed E-state index contributed by atoms with van der Waals surface area (Å²) in [6.07, 6.45) is 0.619. The minimum absolute atomic E-state index is 0.148. The molecule has 3 nitrogen and oxygen atoms in total. The van der Waals surface area contributed by atoms with E-state index < -0.39 is 17.2 Å². The van der Waals surface area contributed by atoms with Gasteiger partial charge in [0.25, 0.3) is 0 Å². The average Bonchev–Trinajstić information content (AvgIpc) is 2.73. The molecule has 92 valence electrons. The van der Waals surface area contributed by atoms with Crippen molar-refractivity contribution in [1.29, 1.82) is 0 Å². The number of hydrogen-bond acceptors (Lipinski definition) is 2. The van der Waals surface area contributed by atoms with E-state index in [4.69, 9.17) is 16.3 Å². The lowest BCUT2D eigenvalue weighted by atomic mass is 9.81. The maximum absolute atomic E-state index is 13.1. The molecule has 0 spiro atoms. The van der Waals surface area contributed by atoms with Gasteiger partial charge < -0.3 is 9.84 Å². The quantitative estimate of drug-likeness (QED) is 0.906. The van der Waals surface area contributed by atoms with Crippen molar-refractivity contribution < 1.29 is 19.0 Å². The zero-order valence-electron chi connectivity index (χ0n) is 9.08. The third-order valence-corrected chi connectivity index (χ3v) is 3.46. The second-order valence-electron chi connectivity index (χ2n) is 4.30. The number of carboxylic acids is 1. The lowest BCUT2D eigenvalue weighted by Crippen LogP contribution is -2.33. The van der Waals surface area contributed by atoms with Gasteiger partial charge in [-0.25, -0.2) is 4.39 Å². The third-order valence-electron chi connectivity index (χ3n) is 3.09. The molecule has 2 rings (SSSR count). The molecule has 5 heteroatoms. The fraction of sp³-hybridized carbons (Fsp3) is 0.417. The van der Waals surface area contributed by atoms with Crippen molar-refractivity contribution in [3.8, 4) is 0 Å². The summed E-state index contributed by atoms with van der Waals surface area (Å²) in [6.45, 7) is 0.564. The van der Waals surface area contributed by atoms with Crippen LogP contribution in [-0.2, 0) is 16.0 Å². The number of carboxylic acid groups (broad SMARTS) is 1. The van der Waals surface area contributed by atoms with Crippen LogP contribution in [0, 0.1) is 11.2 Å². The van der Waals surface area contributed by atoms with Crippen LogP contribution in [0.25, 0.3) is 0 Å². The van der Waals surface area contributed by atoms with Crippen LogP contribution in [0.3, 0.4) is 0 Å². The van der Waals surface area contributed by atoms with E-state index in [2.05, 4.69) is 0 Å². The first kappa shape index (κ1) is 12.3. The first-order chi connectivity index (χ1) is 8.03. The number of halogens is 2. The molecule has 0 bridgehead atoms. The van der Waals surface area contributed by atoms with Crippen LogP contribution in [0.5, 0.6) is 0 Å². The average molecular weight is 259 g/mol. The summed E-state index contributed by atoms with van der Waals surface area (Å²) < 4.78 is 18.3. The zero-order chi connectivity index (χ0) is 12.5. The Morgan fingerprint density at radius 2 is 2.35 bits per heavy atom. The maximum atomic E-state index is 13.1. The van der Waals surface area contributed by atoms with Crippen LogP contribution >= 0.6 is 11.6 Å². The zero-order valence-corrected chi connectivity index (χ0v) is 9.84. The molecule has 1 aromatic carbocycles. The molecule has 0 aliphatic carbocycles. The lowest BCUT2D eigenvalue weighted by Gasteiger charge is -2.22. The fourth-order valence-electron chi connectivity index (χ4n) is 2.03. The van der Waals surface area contributed by atoms with Crippen molar-refractivity contribution >= 4 is 17.6 Å². The smallest absolute Gasteiger partial charge is 0.312 e. The Balaban J connectivity index is 2.29. The van der Waals surface area contributed by atoms with Gasteiger partial charge in [-0.1, -0.05) is 11.6 Å². The van der Waals surface area contributed by atoms with E-state index in [-0.39, 0.29) is 13.0 Å². The van der Waals surface area contributed by atoms with Crippen molar-refractivity contribution in [2.45, 2.75) is 12.8 Å². The molecular formula is C12H12ClFO3. The standard InChI is InChI=1S/C12H12ClFO3/c13-10-2-1-9(14)5-8(10)6-12(11(15)16)3-4-17-7-12/h1-2,5H,3-4,6-7H2,(H,15,16). The molecule has 1 aliphatic heterocycles. The minimum Gasteiger partial charge on any atom is -0.481 e. The Bertz CT molecular complexity index is 441. The number of benzene rings is 1. The SMILES string of the molecule is O=C(O)C1(Cc2cc(F)ccc2Cl)CCOC1. The molecule has 1 aliphatic rings. The number of ether oxygens (including phenoxy) is 1. The maximum Gasteiger partial charge on any atom is 0.312 e. The van der Waals surface area contributed by atoms with Crippen molar-refractivity contribution in [3.63, 3.8) is 0 Å². The predicted molar refractivity (Wildman–Crippen MR) is 60.6 cm³/mol. The molecule has 1 aromatic rings. The monoisotopic (exact) mass is 258 g/mol. The molecule has 0 aromatic heterocycles. The van der Waals surface area contributed by atoms with E-state index in [1.807, 2.05) is 0 Å². The molecule has 1 heterocycles. The molecule has 1 fully saturated rings. The molecular weight excluding hydrogens is 247 g/mol. The van der Waals surface area contributed by atoms with Crippen LogP contribution in [0.15, 0.2) is 18.2 Å². The van der Waals surface area contributed by atoms with Crippen molar-refractivity contribution in [2.24, 2.45) is 5.41 Å². The third kappa shape index (κ3) is 2.42. The van der Waals surface area contributed by atoms with E-state index in [9.17, 15) is 14.3 Å². The molecule has 0 amide bonds. The van der Waals surface area contributed by atoms with E-state index in [0.717, 1.165) is 0 Å². The molecule has 1 saturated heterocycles. The second kappa shape index (κ2) is 4.63. The Morgan fingerprint density at radius 3 is 2.94 bits per heavy atom. The summed E-state index contributed by atoms with van der Waals surface area (Å²) in [5.74, 6) is -1.33. The highest BCUT2D eigenvalue weighted by molar-refractivity contribution is 6.31. The van der Waals surface area contributed by atoms with Gasteiger partial charge in [-0.15, -0.1) is 0 Å². The normalized spacial score (nSPS) is 23.9. The lowest BCUT2D eigenvalue weighted by molar-refractivity contribution is -0.148. The number of rotatable bonds is 3. The van der Waals surface area contributed by atoms with E-state index >= 15 is 0 Å². The first-order valence-corrected chi connectivity index (χ1v) is 5.66. The molecule has 1 N–H and O–H groups in total. The molecule has 0 saturated carbocycles. The fourth-order valence-corrected chi connectivity index (χ4v) is 2.22. The molecule has 1 unspecified atom stereocenters. The van der Waals surface area contributed by atoms with Gasteiger partial charge >= 0.3 is 5.97 Å². The highest BCUT2D eigenvalue weighted by atomic mass is 35.5. The van der Waals surface area contributed by atoms with Gasteiger partial charge in [-0.2, -0.15) is 0 Å². The Hall–Kier alpha value is -1.13. The number of hydrogen-bond donors (Lipinski definition) is 1. The minimum atomic E-state index is -0.975. The van der Waals surface area contributed by atoms with Gasteiger partial charge in [-0.3, -0.25) is 4.79 Å². The molecule has 1 atom stereocenters. The predicted octanol–water partition coefficient (Wildman–Crippen LogP) is 2.51. The van der Waals surface area contributed by atoms with Gasteiger partial charge in [-0.05, 0) is 36.6 Å². The van der Waals surface area contributed by atoms with Crippen LogP contribution < -0.4 is 0 Å².